The van der Waals surface area contributed by atoms with E-state index < -0.39 is 10.0 Å². The van der Waals surface area contributed by atoms with E-state index in [-0.39, 0.29) is 12.5 Å². The molecule has 126 valence electrons. The molecule has 0 aliphatic carbocycles. The van der Waals surface area contributed by atoms with Gasteiger partial charge >= 0.3 is 0 Å². The van der Waals surface area contributed by atoms with Gasteiger partial charge in [-0.15, -0.1) is 0 Å². The summed E-state index contributed by atoms with van der Waals surface area (Å²) in [5.74, 6) is -0.0846. The van der Waals surface area contributed by atoms with Crippen LogP contribution in [-0.4, -0.2) is 27.1 Å². The summed E-state index contributed by atoms with van der Waals surface area (Å²) >= 11 is 5.87. The van der Waals surface area contributed by atoms with E-state index in [1.54, 1.807) is 29.2 Å². The molecule has 0 unspecified atom stereocenters. The average molecular weight is 365 g/mol. The fourth-order valence-electron chi connectivity index (χ4n) is 2.71. The Kier molecular flexibility index (Phi) is 4.62. The molecule has 0 aromatic heterocycles. The van der Waals surface area contributed by atoms with Crippen LogP contribution in [0.3, 0.4) is 0 Å². The van der Waals surface area contributed by atoms with Crippen molar-refractivity contribution in [3.63, 3.8) is 0 Å². The van der Waals surface area contributed by atoms with Gasteiger partial charge < -0.3 is 4.90 Å². The van der Waals surface area contributed by atoms with Crippen LogP contribution in [0.4, 0.5) is 5.69 Å². The van der Waals surface area contributed by atoms with Crippen molar-refractivity contribution in [3.05, 3.63) is 64.2 Å². The van der Waals surface area contributed by atoms with Gasteiger partial charge in [0.25, 0.3) is 5.91 Å². The zero-order valence-electron chi connectivity index (χ0n) is 13.1. The van der Waals surface area contributed by atoms with Gasteiger partial charge in [0.15, 0.2) is 0 Å². The third kappa shape index (κ3) is 3.77. The highest BCUT2D eigenvalue weighted by atomic mass is 35.5. The fourth-order valence-corrected chi connectivity index (χ4v) is 3.26. The van der Waals surface area contributed by atoms with E-state index in [4.69, 9.17) is 11.6 Å². The van der Waals surface area contributed by atoms with Gasteiger partial charge in [-0.25, -0.2) is 13.1 Å². The van der Waals surface area contributed by atoms with Gasteiger partial charge in [-0.1, -0.05) is 23.7 Å². The van der Waals surface area contributed by atoms with Crippen LogP contribution in [0.5, 0.6) is 0 Å². The Labute approximate surface area is 146 Å². The number of benzene rings is 2. The Morgan fingerprint density at radius 1 is 1.21 bits per heavy atom. The van der Waals surface area contributed by atoms with E-state index in [1.165, 1.54) is 0 Å². The number of nitrogens with zero attached hydrogens (tertiary/aromatic N) is 1. The van der Waals surface area contributed by atoms with Crippen molar-refractivity contribution in [2.75, 3.05) is 17.7 Å². The molecule has 0 fully saturated rings. The Balaban J connectivity index is 1.84. The summed E-state index contributed by atoms with van der Waals surface area (Å²) in [7, 11) is -3.26. The summed E-state index contributed by atoms with van der Waals surface area (Å²) in [4.78, 5) is 14.4. The number of nitrogens with one attached hydrogen (secondary N) is 1. The Hall–Kier alpha value is -1.89. The normalized spacial score (nSPS) is 13.8. The maximum Gasteiger partial charge on any atom is 0.258 e. The third-order valence-corrected chi connectivity index (χ3v) is 4.84. The highest BCUT2D eigenvalue weighted by molar-refractivity contribution is 7.88. The van der Waals surface area contributed by atoms with Crippen LogP contribution < -0.4 is 9.62 Å². The number of sulfonamides is 1. The van der Waals surface area contributed by atoms with E-state index in [2.05, 4.69) is 4.72 Å². The second-order valence-corrected chi connectivity index (χ2v) is 8.04. The summed E-state index contributed by atoms with van der Waals surface area (Å²) < 4.78 is 24.9. The summed E-state index contributed by atoms with van der Waals surface area (Å²) in [5.41, 5.74) is 3.31. The molecular formula is C17H17ClN2O3S. The van der Waals surface area contributed by atoms with Crippen molar-refractivity contribution in [1.29, 1.82) is 0 Å². The Morgan fingerprint density at radius 2 is 1.92 bits per heavy atom. The van der Waals surface area contributed by atoms with Crippen LogP contribution in [0.25, 0.3) is 0 Å². The minimum Gasteiger partial charge on any atom is -0.308 e. The smallest absolute Gasteiger partial charge is 0.258 e. The van der Waals surface area contributed by atoms with Crippen molar-refractivity contribution in [2.24, 2.45) is 0 Å². The summed E-state index contributed by atoms with van der Waals surface area (Å²) in [6.45, 7) is 0.814. The molecule has 0 saturated heterocycles. The molecule has 0 bridgehead atoms. The first kappa shape index (κ1) is 17.0. The lowest BCUT2D eigenvalue weighted by Crippen LogP contribution is -2.29. The molecule has 3 rings (SSSR count). The van der Waals surface area contributed by atoms with Crippen LogP contribution >= 0.6 is 11.6 Å². The fraction of sp³-hybridized carbons (Fsp3) is 0.235. The molecule has 2 aromatic carbocycles. The van der Waals surface area contributed by atoms with Crippen molar-refractivity contribution in [3.8, 4) is 0 Å². The maximum absolute atomic E-state index is 12.7. The number of halogens is 1. The minimum absolute atomic E-state index is 0.0846. The van der Waals surface area contributed by atoms with Crippen LogP contribution in [0.1, 0.15) is 21.5 Å². The van der Waals surface area contributed by atoms with Gasteiger partial charge in [0.2, 0.25) is 10.0 Å². The first-order chi connectivity index (χ1) is 11.3. The van der Waals surface area contributed by atoms with E-state index >= 15 is 0 Å². The van der Waals surface area contributed by atoms with E-state index in [9.17, 15) is 13.2 Å². The van der Waals surface area contributed by atoms with Crippen molar-refractivity contribution < 1.29 is 13.2 Å². The standard InChI is InChI=1S/C17H17ClN2O3S/c1-24(22,23)19-11-12-2-3-13-8-9-20(16(13)10-12)17(21)14-4-6-15(18)7-5-14/h2-7,10,19H,8-9,11H2,1H3. The zero-order chi connectivity index (χ0) is 17.3. The monoisotopic (exact) mass is 364 g/mol. The molecule has 1 aliphatic heterocycles. The minimum atomic E-state index is -3.26. The van der Waals surface area contributed by atoms with Gasteiger partial charge in [-0.2, -0.15) is 0 Å². The second-order valence-electron chi connectivity index (χ2n) is 5.77. The molecule has 5 nitrogen and oxygen atoms in total. The number of rotatable bonds is 4. The predicted molar refractivity (Wildman–Crippen MR) is 95.0 cm³/mol. The van der Waals surface area contributed by atoms with Crippen LogP contribution in [0.15, 0.2) is 42.5 Å². The van der Waals surface area contributed by atoms with E-state index in [1.807, 2.05) is 18.2 Å². The molecular weight excluding hydrogens is 348 g/mol. The quantitative estimate of drug-likeness (QED) is 0.906. The van der Waals surface area contributed by atoms with Crippen molar-refractivity contribution in [2.45, 2.75) is 13.0 Å². The molecule has 0 saturated carbocycles. The number of anilines is 1. The largest absolute Gasteiger partial charge is 0.308 e. The topological polar surface area (TPSA) is 66.5 Å². The van der Waals surface area contributed by atoms with Gasteiger partial charge in [0.1, 0.15) is 0 Å². The van der Waals surface area contributed by atoms with Gasteiger partial charge in [0.05, 0.1) is 6.26 Å². The van der Waals surface area contributed by atoms with E-state index in [0.29, 0.717) is 17.1 Å². The van der Waals surface area contributed by atoms with Crippen LogP contribution in [-0.2, 0) is 23.0 Å². The SMILES string of the molecule is CS(=O)(=O)NCc1ccc2c(c1)N(C(=O)c1ccc(Cl)cc1)CC2. The Bertz CT molecular complexity index is 879. The summed E-state index contributed by atoms with van der Waals surface area (Å²) in [5, 5.41) is 0.586. The van der Waals surface area contributed by atoms with Crippen molar-refractivity contribution >= 4 is 33.2 Å². The molecule has 2 aromatic rings. The molecule has 7 heteroatoms. The number of amides is 1. The Morgan fingerprint density at radius 3 is 2.58 bits per heavy atom. The maximum atomic E-state index is 12.7. The molecule has 1 heterocycles. The first-order valence-corrected chi connectivity index (χ1v) is 9.74. The number of fused-ring (bicyclic) bond motifs is 1. The molecule has 1 amide bonds. The number of carbonyl (C=O) groups is 1. The van der Waals surface area contributed by atoms with Gasteiger partial charge in [-0.05, 0) is 47.9 Å². The number of hydrogen-bond acceptors (Lipinski definition) is 3. The average Bonchev–Trinajstić information content (AvgIpc) is 2.95. The predicted octanol–water partition coefficient (Wildman–Crippen LogP) is 2.59. The lowest BCUT2D eigenvalue weighted by atomic mass is 10.1. The first-order valence-electron chi connectivity index (χ1n) is 7.47. The summed E-state index contributed by atoms with van der Waals surface area (Å²) in [6.07, 6.45) is 1.91. The van der Waals surface area contributed by atoms with Gasteiger partial charge in [0, 0.05) is 29.4 Å². The van der Waals surface area contributed by atoms with Crippen LogP contribution in [0, 0.1) is 0 Å². The van der Waals surface area contributed by atoms with Crippen LogP contribution in [0.2, 0.25) is 5.02 Å². The summed E-state index contributed by atoms with van der Waals surface area (Å²) in [6, 6.07) is 12.5. The van der Waals surface area contributed by atoms with Crippen molar-refractivity contribution in [1.82, 2.24) is 4.72 Å². The second kappa shape index (κ2) is 6.55. The molecule has 0 radical (unpaired) electrons. The van der Waals surface area contributed by atoms with E-state index in [0.717, 1.165) is 29.5 Å². The number of carbonyl (C=O) groups excluding carboxylic acids is 1. The lowest BCUT2D eigenvalue weighted by molar-refractivity contribution is 0.0989. The zero-order valence-corrected chi connectivity index (χ0v) is 14.7. The molecule has 24 heavy (non-hydrogen) atoms. The number of hydrogen-bond donors (Lipinski definition) is 1. The van der Waals surface area contributed by atoms with Gasteiger partial charge in [-0.3, -0.25) is 4.79 Å². The molecule has 0 spiro atoms. The highest BCUT2D eigenvalue weighted by Crippen LogP contribution is 2.30. The third-order valence-electron chi connectivity index (χ3n) is 3.92. The molecule has 1 aliphatic rings. The lowest BCUT2D eigenvalue weighted by Gasteiger charge is -2.18. The molecule has 0 atom stereocenters. The highest BCUT2D eigenvalue weighted by Gasteiger charge is 2.25. The molecule has 1 N–H and O–H groups in total.